The van der Waals surface area contributed by atoms with Crippen molar-refractivity contribution in [1.82, 2.24) is 30.9 Å². The summed E-state index contributed by atoms with van der Waals surface area (Å²) in [6.07, 6.45) is 4.16. The van der Waals surface area contributed by atoms with Crippen LogP contribution in [-0.2, 0) is 6.54 Å². The third kappa shape index (κ3) is 3.47. The van der Waals surface area contributed by atoms with Crippen LogP contribution < -0.4 is 10.6 Å². The van der Waals surface area contributed by atoms with E-state index in [9.17, 15) is 4.79 Å². The van der Waals surface area contributed by atoms with Crippen LogP contribution in [0.5, 0.6) is 0 Å². The molecular formula is C11H15N7O. The van der Waals surface area contributed by atoms with Crippen LogP contribution in [0.25, 0.3) is 0 Å². The van der Waals surface area contributed by atoms with Crippen LogP contribution in [0, 0.1) is 0 Å². The molecule has 8 heteroatoms. The van der Waals surface area contributed by atoms with Crippen LogP contribution in [0.1, 0.15) is 29.5 Å². The third-order valence-corrected chi connectivity index (χ3v) is 2.43. The number of hydrogen-bond acceptors (Lipinski definition) is 6. The lowest BCUT2D eigenvalue weighted by Gasteiger charge is -2.10. The van der Waals surface area contributed by atoms with Gasteiger partial charge in [-0.2, -0.15) is 5.21 Å². The molecule has 0 fully saturated rings. The quantitative estimate of drug-likeness (QED) is 0.692. The highest BCUT2D eigenvalue weighted by Gasteiger charge is 2.11. The summed E-state index contributed by atoms with van der Waals surface area (Å²) in [7, 11) is 0. The molecule has 0 aliphatic heterocycles. The summed E-state index contributed by atoms with van der Waals surface area (Å²) in [4.78, 5) is 16.0. The fourth-order valence-corrected chi connectivity index (χ4v) is 1.50. The van der Waals surface area contributed by atoms with Crippen LogP contribution in [0.2, 0.25) is 0 Å². The Balaban J connectivity index is 2.01. The molecule has 100 valence electrons. The van der Waals surface area contributed by atoms with Crippen LogP contribution >= 0.6 is 0 Å². The van der Waals surface area contributed by atoms with Gasteiger partial charge in [0.25, 0.3) is 5.91 Å². The summed E-state index contributed by atoms with van der Waals surface area (Å²) in [5.41, 5.74) is 1.27. The molecule has 3 N–H and O–H groups in total. The van der Waals surface area contributed by atoms with E-state index in [1.807, 2.05) is 0 Å². The number of rotatable bonds is 6. The topological polar surface area (TPSA) is 108 Å². The van der Waals surface area contributed by atoms with E-state index in [4.69, 9.17) is 0 Å². The predicted octanol–water partition coefficient (Wildman–Crippen LogP) is 0.347. The van der Waals surface area contributed by atoms with Gasteiger partial charge in [-0.1, -0.05) is 12.1 Å². The van der Waals surface area contributed by atoms with Crippen molar-refractivity contribution in [2.45, 2.75) is 19.9 Å². The number of nitrogens with zero attached hydrogens (tertiary/aromatic N) is 4. The summed E-state index contributed by atoms with van der Waals surface area (Å²) in [5.74, 6) is 0.205. The highest BCUT2D eigenvalue weighted by Crippen LogP contribution is 2.13. The Bertz CT molecular complexity index is 526. The number of H-pyrrole nitrogens is 1. The molecule has 0 aromatic carbocycles. The second-order valence-electron chi connectivity index (χ2n) is 3.86. The second-order valence-corrected chi connectivity index (χ2v) is 3.86. The minimum Gasteiger partial charge on any atom is -0.384 e. The smallest absolute Gasteiger partial charge is 0.255 e. The molecule has 8 nitrogen and oxygen atoms in total. The Labute approximate surface area is 110 Å². The van der Waals surface area contributed by atoms with Crippen LogP contribution in [0.15, 0.2) is 18.5 Å². The molecule has 2 rings (SSSR count). The number of aromatic amines is 1. The van der Waals surface area contributed by atoms with Crippen molar-refractivity contribution in [2.75, 3.05) is 11.9 Å². The molecule has 0 radical (unpaired) electrons. The zero-order chi connectivity index (χ0) is 13.5. The van der Waals surface area contributed by atoms with E-state index in [0.29, 0.717) is 11.4 Å². The van der Waals surface area contributed by atoms with Crippen LogP contribution in [0.4, 0.5) is 5.69 Å². The van der Waals surface area contributed by atoms with E-state index in [1.54, 1.807) is 12.3 Å². The number of amides is 1. The van der Waals surface area contributed by atoms with Crippen LogP contribution in [-0.4, -0.2) is 38.1 Å². The zero-order valence-corrected chi connectivity index (χ0v) is 10.6. The Morgan fingerprint density at radius 3 is 3.11 bits per heavy atom. The Morgan fingerprint density at radius 2 is 2.37 bits per heavy atom. The van der Waals surface area contributed by atoms with Gasteiger partial charge in [0.15, 0.2) is 5.82 Å². The average molecular weight is 261 g/mol. The maximum absolute atomic E-state index is 12.0. The van der Waals surface area contributed by atoms with Gasteiger partial charge in [0.1, 0.15) is 0 Å². The van der Waals surface area contributed by atoms with E-state index in [-0.39, 0.29) is 12.5 Å². The molecule has 0 aliphatic carbocycles. The first-order valence-electron chi connectivity index (χ1n) is 5.99. The number of anilines is 1. The number of aromatic nitrogens is 5. The molecule has 2 heterocycles. The maximum atomic E-state index is 12.0. The summed E-state index contributed by atoms with van der Waals surface area (Å²) in [6, 6.07) is 1.78. The van der Waals surface area contributed by atoms with Gasteiger partial charge in [-0.15, -0.1) is 10.2 Å². The first-order valence-corrected chi connectivity index (χ1v) is 5.99. The molecule has 0 bridgehead atoms. The molecule has 2 aromatic rings. The van der Waals surface area contributed by atoms with E-state index in [1.165, 1.54) is 6.20 Å². The highest BCUT2D eigenvalue weighted by atomic mass is 16.1. The molecule has 2 aromatic heterocycles. The highest BCUT2D eigenvalue weighted by molar-refractivity contribution is 5.99. The third-order valence-electron chi connectivity index (χ3n) is 2.43. The lowest BCUT2D eigenvalue weighted by molar-refractivity contribution is 0.0950. The van der Waals surface area contributed by atoms with Gasteiger partial charge in [-0.05, 0) is 12.5 Å². The fraction of sp³-hybridized carbons (Fsp3) is 0.364. The lowest BCUT2D eigenvalue weighted by atomic mass is 10.2. The van der Waals surface area contributed by atoms with Crippen molar-refractivity contribution < 1.29 is 4.79 Å². The fourth-order valence-electron chi connectivity index (χ4n) is 1.50. The van der Waals surface area contributed by atoms with Crippen molar-refractivity contribution in [2.24, 2.45) is 0 Å². The molecule has 0 aliphatic rings. The van der Waals surface area contributed by atoms with E-state index in [0.717, 1.165) is 18.7 Å². The molecule has 0 saturated carbocycles. The number of nitrogens with one attached hydrogen (secondary N) is 3. The van der Waals surface area contributed by atoms with Gasteiger partial charge in [0.05, 0.1) is 17.8 Å². The summed E-state index contributed by atoms with van der Waals surface area (Å²) in [6.45, 7) is 3.08. The van der Waals surface area contributed by atoms with Crippen molar-refractivity contribution in [3.05, 3.63) is 29.8 Å². The Kier molecular flexibility index (Phi) is 4.38. The van der Waals surface area contributed by atoms with E-state index in [2.05, 4.69) is 43.2 Å². The monoisotopic (exact) mass is 261 g/mol. The maximum Gasteiger partial charge on any atom is 0.255 e. The molecule has 0 saturated heterocycles. The summed E-state index contributed by atoms with van der Waals surface area (Å²) >= 11 is 0. The molecule has 0 spiro atoms. The molecule has 19 heavy (non-hydrogen) atoms. The molecular weight excluding hydrogens is 246 g/mol. The average Bonchev–Trinajstić information content (AvgIpc) is 2.96. The predicted molar refractivity (Wildman–Crippen MR) is 68.4 cm³/mol. The van der Waals surface area contributed by atoms with Gasteiger partial charge in [0, 0.05) is 18.9 Å². The van der Waals surface area contributed by atoms with E-state index >= 15 is 0 Å². The minimum absolute atomic E-state index is 0.220. The van der Waals surface area contributed by atoms with Crippen molar-refractivity contribution >= 4 is 11.6 Å². The van der Waals surface area contributed by atoms with Crippen molar-refractivity contribution in [1.29, 1.82) is 0 Å². The first-order chi connectivity index (χ1) is 9.31. The van der Waals surface area contributed by atoms with E-state index < -0.39 is 0 Å². The number of hydrogen-bond donors (Lipinski definition) is 3. The van der Waals surface area contributed by atoms with Gasteiger partial charge in [0.2, 0.25) is 0 Å². The zero-order valence-electron chi connectivity index (χ0n) is 10.6. The summed E-state index contributed by atoms with van der Waals surface area (Å²) < 4.78 is 0. The number of tetrazole rings is 1. The number of carbonyl (C=O) groups excluding carboxylic acids is 1. The SMILES string of the molecule is CCCNc1ccncc1C(=O)NCc1nn[nH]n1. The minimum atomic E-state index is -0.225. The van der Waals surface area contributed by atoms with Gasteiger partial charge < -0.3 is 10.6 Å². The first kappa shape index (κ1) is 12.9. The van der Waals surface area contributed by atoms with Gasteiger partial charge in [-0.3, -0.25) is 9.78 Å². The number of carbonyl (C=O) groups is 1. The normalized spacial score (nSPS) is 10.2. The van der Waals surface area contributed by atoms with Crippen molar-refractivity contribution in [3.8, 4) is 0 Å². The standard InChI is InChI=1S/C11H15N7O/c1-2-4-13-9-3-5-12-6-8(9)11(19)14-7-10-15-17-18-16-10/h3,5-6H,2,4,7H2,1H3,(H,12,13)(H,14,19)(H,15,16,17,18). The largest absolute Gasteiger partial charge is 0.384 e. The molecule has 0 atom stereocenters. The summed E-state index contributed by atoms with van der Waals surface area (Å²) in [5, 5.41) is 19.2. The van der Waals surface area contributed by atoms with Crippen molar-refractivity contribution in [3.63, 3.8) is 0 Å². The second kappa shape index (κ2) is 6.43. The number of pyridine rings is 1. The van der Waals surface area contributed by atoms with Gasteiger partial charge >= 0.3 is 0 Å². The molecule has 0 unspecified atom stereocenters. The molecule has 1 amide bonds. The Morgan fingerprint density at radius 1 is 1.47 bits per heavy atom. The lowest BCUT2D eigenvalue weighted by Crippen LogP contribution is -2.24. The Hall–Kier alpha value is -2.51. The van der Waals surface area contributed by atoms with Crippen LogP contribution in [0.3, 0.4) is 0 Å². The van der Waals surface area contributed by atoms with Gasteiger partial charge in [-0.25, -0.2) is 0 Å².